The topological polar surface area (TPSA) is 107 Å². The van der Waals surface area contributed by atoms with E-state index in [-0.39, 0.29) is 13.0 Å². The van der Waals surface area contributed by atoms with Crippen LogP contribution in [0, 0.1) is 5.92 Å². The Labute approximate surface area is 70.4 Å². The Balaban J connectivity index is 2.58. The second-order valence-electron chi connectivity index (χ2n) is 3.29. The fourth-order valence-electron chi connectivity index (χ4n) is 1.60. The van der Waals surface area contributed by atoms with Gasteiger partial charge in [0.2, 0.25) is 0 Å². The lowest BCUT2D eigenvalue weighted by Crippen LogP contribution is -2.40. The van der Waals surface area contributed by atoms with E-state index in [9.17, 15) is 5.11 Å². The van der Waals surface area contributed by atoms with Gasteiger partial charge >= 0.3 is 0 Å². The molecule has 0 unspecified atom stereocenters. The highest BCUT2D eigenvalue weighted by molar-refractivity contribution is 4.95. The van der Waals surface area contributed by atoms with Gasteiger partial charge < -0.3 is 26.2 Å². The predicted octanol–water partition coefficient (Wildman–Crippen LogP) is -2.59. The summed E-state index contributed by atoms with van der Waals surface area (Å²) >= 11 is 0. The first-order chi connectivity index (χ1) is 5.57. The normalized spacial score (nSPS) is 44.8. The maximum atomic E-state index is 9.33. The molecule has 0 aromatic carbocycles. The van der Waals surface area contributed by atoms with Crippen molar-refractivity contribution in [1.82, 2.24) is 0 Å². The summed E-state index contributed by atoms with van der Waals surface area (Å²) in [7, 11) is 0. The van der Waals surface area contributed by atoms with Crippen molar-refractivity contribution in [3.8, 4) is 0 Å². The Morgan fingerprint density at radius 2 is 1.83 bits per heavy atom. The van der Waals surface area contributed by atoms with Crippen LogP contribution < -0.4 is 5.73 Å². The largest absolute Gasteiger partial charge is 0.395 e. The second kappa shape index (κ2) is 3.68. The number of rotatable bonds is 2. The molecule has 0 aromatic rings. The number of aliphatic hydroxyl groups excluding tert-OH is 4. The average molecular weight is 177 g/mol. The van der Waals surface area contributed by atoms with Crippen LogP contribution in [-0.2, 0) is 0 Å². The molecule has 5 atom stereocenters. The molecule has 1 saturated carbocycles. The van der Waals surface area contributed by atoms with Gasteiger partial charge in [-0.3, -0.25) is 0 Å². The van der Waals surface area contributed by atoms with E-state index in [1.807, 2.05) is 0 Å². The first kappa shape index (κ1) is 9.88. The van der Waals surface area contributed by atoms with Crippen molar-refractivity contribution < 1.29 is 20.4 Å². The molecule has 6 N–H and O–H groups in total. The Hall–Kier alpha value is -0.200. The zero-order valence-corrected chi connectivity index (χ0v) is 6.67. The zero-order valence-electron chi connectivity index (χ0n) is 6.67. The fourth-order valence-corrected chi connectivity index (χ4v) is 1.60. The van der Waals surface area contributed by atoms with Crippen LogP contribution in [0.5, 0.6) is 0 Å². The summed E-state index contributed by atoms with van der Waals surface area (Å²) in [6, 6.07) is -0.577. The summed E-state index contributed by atoms with van der Waals surface area (Å²) in [4.78, 5) is 0. The van der Waals surface area contributed by atoms with E-state index in [1.54, 1.807) is 0 Å². The third-order valence-corrected chi connectivity index (χ3v) is 2.46. The highest BCUT2D eigenvalue weighted by atomic mass is 16.4. The quantitative estimate of drug-likeness (QED) is 0.318. The van der Waals surface area contributed by atoms with Crippen molar-refractivity contribution in [3.05, 3.63) is 0 Å². The lowest BCUT2D eigenvalue weighted by Gasteiger charge is -2.20. The Kier molecular flexibility index (Phi) is 3.03. The van der Waals surface area contributed by atoms with Gasteiger partial charge in [0.25, 0.3) is 0 Å². The minimum Gasteiger partial charge on any atom is -0.395 e. The van der Waals surface area contributed by atoms with Crippen molar-refractivity contribution in [3.63, 3.8) is 0 Å². The molecule has 0 aliphatic heterocycles. The molecule has 1 rings (SSSR count). The first-order valence-corrected chi connectivity index (χ1v) is 3.98. The monoisotopic (exact) mass is 177 g/mol. The summed E-state index contributed by atoms with van der Waals surface area (Å²) in [6.07, 6.45) is -2.85. The summed E-state index contributed by atoms with van der Waals surface area (Å²) in [5, 5.41) is 36.3. The van der Waals surface area contributed by atoms with Crippen molar-refractivity contribution in [2.45, 2.75) is 30.8 Å². The molecular formula is C7H15NO4. The predicted molar refractivity (Wildman–Crippen MR) is 41.2 cm³/mol. The van der Waals surface area contributed by atoms with Crippen LogP contribution >= 0.6 is 0 Å². The van der Waals surface area contributed by atoms with Crippen LogP contribution in [0.4, 0.5) is 0 Å². The van der Waals surface area contributed by atoms with Crippen LogP contribution in [0.25, 0.3) is 0 Å². The smallest absolute Gasteiger partial charge is 0.106 e. The van der Waals surface area contributed by atoms with Gasteiger partial charge in [0.05, 0.1) is 18.8 Å². The number of hydrogen-bond donors (Lipinski definition) is 5. The summed E-state index contributed by atoms with van der Waals surface area (Å²) in [5.41, 5.74) is 5.46. The Morgan fingerprint density at radius 3 is 2.17 bits per heavy atom. The van der Waals surface area contributed by atoms with Crippen molar-refractivity contribution >= 4 is 0 Å². The number of nitrogens with two attached hydrogens (primary N) is 1. The molecule has 5 heteroatoms. The molecule has 0 spiro atoms. The van der Waals surface area contributed by atoms with Gasteiger partial charge in [0, 0.05) is 12.0 Å². The highest BCUT2D eigenvalue weighted by Crippen LogP contribution is 2.28. The van der Waals surface area contributed by atoms with E-state index in [0.29, 0.717) is 0 Å². The SMILES string of the molecule is N[C@@H](CO)[C@@H]1C[C@@H](O)[C@@H](O)[C@@H]1O. The molecule has 1 aliphatic rings. The van der Waals surface area contributed by atoms with Crippen LogP contribution in [0.3, 0.4) is 0 Å². The van der Waals surface area contributed by atoms with E-state index in [0.717, 1.165) is 0 Å². The molecular weight excluding hydrogens is 162 g/mol. The van der Waals surface area contributed by atoms with Crippen molar-refractivity contribution in [2.24, 2.45) is 11.7 Å². The summed E-state index contributed by atoms with van der Waals surface area (Å²) < 4.78 is 0. The lowest BCUT2D eigenvalue weighted by molar-refractivity contribution is -0.0292. The van der Waals surface area contributed by atoms with E-state index in [2.05, 4.69) is 0 Å². The standard InChI is InChI=1S/C7H15NO4/c8-4(2-9)3-1-5(10)7(12)6(3)11/h3-7,9-12H,1-2,8H2/t3-,4-,5+,6+,7+/m0/s1. The number of hydrogen-bond acceptors (Lipinski definition) is 5. The van der Waals surface area contributed by atoms with Crippen LogP contribution in [0.2, 0.25) is 0 Å². The molecule has 1 fully saturated rings. The number of aliphatic hydroxyl groups is 4. The Morgan fingerprint density at radius 1 is 1.25 bits per heavy atom. The van der Waals surface area contributed by atoms with E-state index >= 15 is 0 Å². The fraction of sp³-hybridized carbons (Fsp3) is 1.00. The van der Waals surface area contributed by atoms with Gasteiger partial charge in [0.15, 0.2) is 0 Å². The molecule has 0 aromatic heterocycles. The molecule has 0 saturated heterocycles. The second-order valence-corrected chi connectivity index (χ2v) is 3.29. The molecule has 0 bridgehead atoms. The molecule has 5 nitrogen and oxygen atoms in total. The molecule has 12 heavy (non-hydrogen) atoms. The van der Waals surface area contributed by atoms with Gasteiger partial charge in [-0.05, 0) is 6.42 Å². The zero-order chi connectivity index (χ0) is 9.30. The Bertz CT molecular complexity index is 154. The average Bonchev–Trinajstić information content (AvgIpc) is 2.32. The van der Waals surface area contributed by atoms with Crippen molar-refractivity contribution in [1.29, 1.82) is 0 Å². The lowest BCUT2D eigenvalue weighted by atomic mass is 9.97. The van der Waals surface area contributed by atoms with Gasteiger partial charge in [-0.25, -0.2) is 0 Å². The molecule has 72 valence electrons. The van der Waals surface area contributed by atoms with Crippen LogP contribution in [-0.4, -0.2) is 51.4 Å². The van der Waals surface area contributed by atoms with E-state index < -0.39 is 30.3 Å². The molecule has 0 heterocycles. The van der Waals surface area contributed by atoms with Crippen molar-refractivity contribution in [2.75, 3.05) is 6.61 Å². The van der Waals surface area contributed by atoms with Gasteiger partial charge in [0.1, 0.15) is 6.10 Å². The summed E-state index contributed by atoms with van der Waals surface area (Å²) in [5.74, 6) is -0.417. The third kappa shape index (κ3) is 1.60. The van der Waals surface area contributed by atoms with Gasteiger partial charge in [-0.15, -0.1) is 0 Å². The summed E-state index contributed by atoms with van der Waals surface area (Å²) in [6.45, 7) is -0.249. The minimum atomic E-state index is -1.13. The van der Waals surface area contributed by atoms with Gasteiger partial charge in [-0.1, -0.05) is 0 Å². The molecule has 0 amide bonds. The van der Waals surface area contributed by atoms with E-state index in [4.69, 9.17) is 21.1 Å². The van der Waals surface area contributed by atoms with E-state index in [1.165, 1.54) is 0 Å². The maximum Gasteiger partial charge on any atom is 0.106 e. The first-order valence-electron chi connectivity index (χ1n) is 3.98. The molecule has 1 aliphatic carbocycles. The maximum absolute atomic E-state index is 9.33. The molecule has 0 radical (unpaired) electrons. The third-order valence-electron chi connectivity index (χ3n) is 2.46. The highest BCUT2D eigenvalue weighted by Gasteiger charge is 2.42. The van der Waals surface area contributed by atoms with Gasteiger partial charge in [-0.2, -0.15) is 0 Å². The van der Waals surface area contributed by atoms with Crippen LogP contribution in [0.1, 0.15) is 6.42 Å². The minimum absolute atomic E-state index is 0.240. The van der Waals surface area contributed by atoms with Crippen LogP contribution in [0.15, 0.2) is 0 Å².